The van der Waals surface area contributed by atoms with Gasteiger partial charge in [0.25, 0.3) is 0 Å². The van der Waals surface area contributed by atoms with E-state index in [0.717, 1.165) is 66.8 Å². The van der Waals surface area contributed by atoms with Crippen LogP contribution in [-0.4, -0.2) is 62.3 Å². The Bertz CT molecular complexity index is 2010. The fourth-order valence-electron chi connectivity index (χ4n) is 7.36. The number of carbonyl (C=O) groups excluding carboxylic acids is 1. The van der Waals surface area contributed by atoms with E-state index in [2.05, 4.69) is 57.4 Å². The maximum absolute atomic E-state index is 13.8. The number of aromatic nitrogens is 3. The molecule has 4 aromatic rings. The number of hydrogen-bond acceptors (Lipinski definition) is 9. The molecule has 53 heavy (non-hydrogen) atoms. The first-order valence-electron chi connectivity index (χ1n) is 18.3. The van der Waals surface area contributed by atoms with Crippen LogP contribution in [0.4, 0.5) is 10.1 Å². The highest BCUT2D eigenvalue weighted by Gasteiger charge is 2.37. The monoisotopic (exact) mass is 726 g/mol. The van der Waals surface area contributed by atoms with E-state index < -0.39 is 23.6 Å². The molecule has 0 saturated carbocycles. The quantitative estimate of drug-likeness (QED) is 0.172. The molecule has 0 spiro atoms. The Morgan fingerprint density at radius 3 is 2.42 bits per heavy atom. The first-order valence-corrected chi connectivity index (χ1v) is 18.3. The summed E-state index contributed by atoms with van der Waals surface area (Å²) >= 11 is 0. The minimum atomic E-state index is -1.28. The molecule has 6 rings (SSSR count). The molecule has 1 fully saturated rings. The van der Waals surface area contributed by atoms with Crippen LogP contribution in [0.25, 0.3) is 11.1 Å². The summed E-state index contributed by atoms with van der Waals surface area (Å²) in [6, 6.07) is 11.4. The molecule has 2 aliphatic heterocycles. The molecule has 0 radical (unpaired) electrons. The number of aliphatic carboxylic acids is 1. The molecule has 1 atom stereocenters. The average Bonchev–Trinajstić information content (AvgIpc) is 3.53. The summed E-state index contributed by atoms with van der Waals surface area (Å²) in [7, 11) is 0. The Labute approximate surface area is 311 Å². The third kappa shape index (κ3) is 8.76. The number of nitrogens with zero attached hydrogens (tertiary/aromatic N) is 5. The number of aryl methyl sites for hydroxylation is 3. The van der Waals surface area contributed by atoms with Gasteiger partial charge in [0.15, 0.2) is 6.10 Å². The van der Waals surface area contributed by atoms with Gasteiger partial charge < -0.3 is 24.5 Å². The average molecular weight is 727 g/mol. The van der Waals surface area contributed by atoms with E-state index in [-0.39, 0.29) is 29.6 Å². The number of carboxylic acid groups (broad SMARTS) is 1. The molecule has 0 aliphatic carbocycles. The van der Waals surface area contributed by atoms with Crippen LogP contribution < -0.4 is 10.2 Å². The third-order valence-corrected chi connectivity index (χ3v) is 10.3. The van der Waals surface area contributed by atoms with E-state index in [9.17, 15) is 19.1 Å². The topological polar surface area (TPSA) is 134 Å². The number of piperidine rings is 1. The molecule has 1 saturated heterocycles. The lowest BCUT2D eigenvalue weighted by molar-refractivity contribution is -0.160. The number of benzene rings is 2. The fraction of sp³-hybridized carbons (Fsp3) is 0.488. The predicted molar refractivity (Wildman–Crippen MR) is 200 cm³/mol. The van der Waals surface area contributed by atoms with Crippen LogP contribution in [0.3, 0.4) is 0 Å². The van der Waals surface area contributed by atoms with Crippen molar-refractivity contribution in [3.63, 3.8) is 0 Å². The van der Waals surface area contributed by atoms with E-state index in [1.54, 1.807) is 13.0 Å². The SMILES string of the molecule is Cc1nnc(C(=O)NCc2nc(C)c([C@H](OC(C)(C)C)C(=O)O)c(N3CCC(C)(C)CC3)c2-c2ccc3c(c2)CCN(Cc2ccc(F)cc2C)C3)o1. The number of hydrogen-bond donors (Lipinski definition) is 2. The van der Waals surface area contributed by atoms with Gasteiger partial charge in [0, 0.05) is 56.5 Å². The van der Waals surface area contributed by atoms with Gasteiger partial charge in [0.05, 0.1) is 23.5 Å². The van der Waals surface area contributed by atoms with E-state index in [1.807, 2.05) is 40.7 Å². The summed E-state index contributed by atoms with van der Waals surface area (Å²) in [6.45, 7) is 19.2. The van der Waals surface area contributed by atoms with E-state index >= 15 is 0 Å². The zero-order valence-corrected chi connectivity index (χ0v) is 32.1. The lowest BCUT2D eigenvalue weighted by Gasteiger charge is -2.41. The van der Waals surface area contributed by atoms with Crippen molar-refractivity contribution in [2.24, 2.45) is 5.41 Å². The molecule has 2 aliphatic rings. The Morgan fingerprint density at radius 2 is 1.77 bits per heavy atom. The van der Waals surface area contributed by atoms with Gasteiger partial charge >= 0.3 is 17.8 Å². The van der Waals surface area contributed by atoms with Crippen molar-refractivity contribution in [3.8, 4) is 11.1 Å². The van der Waals surface area contributed by atoms with Gasteiger partial charge in [-0.2, -0.15) is 0 Å². The fourth-order valence-corrected chi connectivity index (χ4v) is 7.36. The van der Waals surface area contributed by atoms with Crippen molar-refractivity contribution in [3.05, 3.63) is 93.2 Å². The second-order valence-corrected chi connectivity index (χ2v) is 16.2. The molecule has 0 unspecified atom stereocenters. The predicted octanol–water partition coefficient (Wildman–Crippen LogP) is 7.25. The van der Waals surface area contributed by atoms with Gasteiger partial charge in [-0.15, -0.1) is 10.2 Å². The van der Waals surface area contributed by atoms with Gasteiger partial charge in [-0.05, 0) is 99.2 Å². The molecule has 4 heterocycles. The zero-order chi connectivity index (χ0) is 38.2. The van der Waals surface area contributed by atoms with Crippen LogP contribution in [0, 0.1) is 32.0 Å². The van der Waals surface area contributed by atoms with Crippen LogP contribution >= 0.6 is 0 Å². The molecule has 282 valence electrons. The number of pyridine rings is 1. The van der Waals surface area contributed by atoms with Crippen molar-refractivity contribution in [2.75, 3.05) is 24.5 Å². The highest BCUT2D eigenvalue weighted by atomic mass is 19.1. The Balaban J connectivity index is 1.47. The highest BCUT2D eigenvalue weighted by molar-refractivity contribution is 5.91. The minimum Gasteiger partial charge on any atom is -0.479 e. The van der Waals surface area contributed by atoms with E-state index in [0.29, 0.717) is 30.0 Å². The van der Waals surface area contributed by atoms with Crippen molar-refractivity contribution in [2.45, 2.75) is 106 Å². The number of carboxylic acids is 1. The minimum absolute atomic E-state index is 0.0444. The van der Waals surface area contributed by atoms with Crippen molar-refractivity contribution >= 4 is 17.6 Å². The summed E-state index contributed by atoms with van der Waals surface area (Å²) in [6.07, 6.45) is 1.36. The van der Waals surface area contributed by atoms with Crippen LogP contribution in [0.1, 0.15) is 109 Å². The molecular weight excluding hydrogens is 675 g/mol. The number of rotatable bonds is 10. The number of anilines is 1. The van der Waals surface area contributed by atoms with Gasteiger partial charge in [-0.3, -0.25) is 14.7 Å². The maximum atomic E-state index is 13.8. The smallest absolute Gasteiger partial charge is 0.337 e. The van der Waals surface area contributed by atoms with Crippen molar-refractivity contribution in [1.29, 1.82) is 0 Å². The number of halogens is 1. The zero-order valence-electron chi connectivity index (χ0n) is 32.1. The molecule has 2 aromatic carbocycles. The van der Waals surface area contributed by atoms with Gasteiger partial charge in [-0.25, -0.2) is 9.18 Å². The lowest BCUT2D eigenvalue weighted by atomic mass is 9.81. The lowest BCUT2D eigenvalue weighted by Crippen LogP contribution is -2.39. The molecular formula is C41H51FN6O5. The second kappa shape index (κ2) is 15.0. The second-order valence-electron chi connectivity index (χ2n) is 16.2. The van der Waals surface area contributed by atoms with Crippen LogP contribution in [-0.2, 0) is 35.6 Å². The molecule has 1 amide bonds. The maximum Gasteiger partial charge on any atom is 0.337 e. The third-order valence-electron chi connectivity index (χ3n) is 10.3. The summed E-state index contributed by atoms with van der Waals surface area (Å²) in [5.74, 6) is -1.71. The van der Waals surface area contributed by atoms with E-state index in [1.165, 1.54) is 17.2 Å². The van der Waals surface area contributed by atoms with Crippen LogP contribution in [0.2, 0.25) is 0 Å². The Kier molecular flexibility index (Phi) is 10.8. The standard InChI is InChI=1S/C41H51FN6O5/c1-24-19-31(42)12-11-29(24)22-47-16-13-27-20-28(9-10-30(27)23-47)34-32(21-43-37(49)38-46-45-26(3)52-38)44-25(2)33(36(39(50)51)53-40(4,5)6)35(34)48-17-14-41(7,8)15-18-48/h9-12,19-20,36H,13-18,21-23H2,1-8H3,(H,43,49)(H,50,51)/t36-/m0/s1. The van der Waals surface area contributed by atoms with Gasteiger partial charge in [0.1, 0.15) is 5.82 Å². The Hall–Kier alpha value is -4.68. The molecule has 0 bridgehead atoms. The van der Waals surface area contributed by atoms with Crippen molar-refractivity contribution < 1.29 is 28.2 Å². The van der Waals surface area contributed by atoms with Crippen LogP contribution in [0.15, 0.2) is 40.8 Å². The molecule has 12 heteroatoms. The number of nitrogens with one attached hydrogen (secondary N) is 1. The summed E-state index contributed by atoms with van der Waals surface area (Å²) in [5.41, 5.74) is 7.87. The number of fused-ring (bicyclic) bond motifs is 1. The van der Waals surface area contributed by atoms with Gasteiger partial charge in [0.2, 0.25) is 5.89 Å². The molecule has 2 N–H and O–H groups in total. The molecule has 2 aromatic heterocycles. The number of amides is 1. The first-order chi connectivity index (χ1) is 25.0. The van der Waals surface area contributed by atoms with Gasteiger partial charge in [-0.1, -0.05) is 38.1 Å². The highest BCUT2D eigenvalue weighted by Crippen LogP contribution is 2.45. The normalized spacial score (nSPS) is 16.7. The first kappa shape index (κ1) is 38.1. The van der Waals surface area contributed by atoms with Crippen molar-refractivity contribution in [1.82, 2.24) is 25.4 Å². The summed E-state index contributed by atoms with van der Waals surface area (Å²) < 4.78 is 25.5. The Morgan fingerprint density at radius 1 is 1.04 bits per heavy atom. The van der Waals surface area contributed by atoms with Crippen LogP contribution in [0.5, 0.6) is 0 Å². The summed E-state index contributed by atoms with van der Waals surface area (Å²) in [5, 5.41) is 21.3. The number of ether oxygens (including phenoxy) is 1. The number of carbonyl (C=O) groups is 2. The van der Waals surface area contributed by atoms with E-state index in [4.69, 9.17) is 14.1 Å². The largest absolute Gasteiger partial charge is 0.479 e. The molecule has 11 nitrogen and oxygen atoms in total. The summed E-state index contributed by atoms with van der Waals surface area (Å²) in [4.78, 5) is 35.9.